The van der Waals surface area contributed by atoms with Crippen molar-refractivity contribution in [3.05, 3.63) is 23.2 Å². The summed E-state index contributed by atoms with van der Waals surface area (Å²) in [5.41, 5.74) is 7.70. The molecule has 1 atom stereocenters. The van der Waals surface area contributed by atoms with Crippen LogP contribution in [-0.2, 0) is 4.74 Å². The molecule has 1 aliphatic heterocycles. The van der Waals surface area contributed by atoms with Gasteiger partial charge in [-0.05, 0) is 18.6 Å². The molecule has 1 unspecified atom stereocenters. The zero-order valence-electron chi connectivity index (χ0n) is 9.45. The normalized spacial score (nSPS) is 21.1. The first-order valence-corrected chi connectivity index (χ1v) is 6.00. The minimum atomic E-state index is 0.371. The molecule has 0 aromatic heterocycles. The first-order valence-electron chi connectivity index (χ1n) is 5.62. The molecule has 88 valence electrons. The maximum absolute atomic E-state index is 6.22. The zero-order valence-corrected chi connectivity index (χ0v) is 10.2. The van der Waals surface area contributed by atoms with Crippen molar-refractivity contribution >= 4 is 23.0 Å². The number of halogens is 1. The van der Waals surface area contributed by atoms with Gasteiger partial charge in [-0.1, -0.05) is 24.6 Å². The van der Waals surface area contributed by atoms with Crippen molar-refractivity contribution in [2.24, 2.45) is 0 Å². The Morgan fingerprint density at radius 3 is 3.06 bits per heavy atom. The van der Waals surface area contributed by atoms with Gasteiger partial charge < -0.3 is 15.4 Å². The van der Waals surface area contributed by atoms with Crippen LogP contribution >= 0.6 is 11.6 Å². The van der Waals surface area contributed by atoms with Gasteiger partial charge in [-0.25, -0.2) is 0 Å². The summed E-state index contributed by atoms with van der Waals surface area (Å²) in [6, 6.07) is 6.03. The van der Waals surface area contributed by atoms with Gasteiger partial charge in [0.05, 0.1) is 35.7 Å². The molecule has 3 nitrogen and oxygen atoms in total. The minimum Gasteiger partial charge on any atom is -0.397 e. The monoisotopic (exact) mass is 240 g/mol. The molecule has 1 saturated heterocycles. The topological polar surface area (TPSA) is 38.5 Å². The molecular formula is C12H17ClN2O. The first kappa shape index (κ1) is 11.6. The van der Waals surface area contributed by atoms with E-state index in [1.807, 2.05) is 18.2 Å². The summed E-state index contributed by atoms with van der Waals surface area (Å²) in [7, 11) is 0. The molecule has 1 aromatic rings. The highest BCUT2D eigenvalue weighted by Gasteiger charge is 2.24. The van der Waals surface area contributed by atoms with Crippen LogP contribution in [0.4, 0.5) is 11.4 Å². The summed E-state index contributed by atoms with van der Waals surface area (Å²) in [4.78, 5) is 2.27. The van der Waals surface area contributed by atoms with E-state index >= 15 is 0 Å². The molecule has 1 heterocycles. The van der Waals surface area contributed by atoms with Gasteiger partial charge in [-0.3, -0.25) is 0 Å². The molecule has 16 heavy (non-hydrogen) atoms. The maximum atomic E-state index is 6.22. The van der Waals surface area contributed by atoms with E-state index in [0.29, 0.717) is 6.04 Å². The number of rotatable bonds is 2. The van der Waals surface area contributed by atoms with E-state index in [9.17, 15) is 0 Å². The summed E-state index contributed by atoms with van der Waals surface area (Å²) < 4.78 is 5.48. The first-order chi connectivity index (χ1) is 7.74. The third-order valence-corrected chi connectivity index (χ3v) is 3.31. The summed E-state index contributed by atoms with van der Waals surface area (Å²) in [5.74, 6) is 0. The Balaban J connectivity index is 2.34. The number of anilines is 2. The Morgan fingerprint density at radius 2 is 2.38 bits per heavy atom. The number of benzene rings is 1. The van der Waals surface area contributed by atoms with Crippen LogP contribution in [0.15, 0.2) is 18.2 Å². The van der Waals surface area contributed by atoms with Crippen LogP contribution in [0.25, 0.3) is 0 Å². The molecular weight excluding hydrogens is 224 g/mol. The van der Waals surface area contributed by atoms with Crippen molar-refractivity contribution in [3.63, 3.8) is 0 Å². The van der Waals surface area contributed by atoms with Gasteiger partial charge in [0.1, 0.15) is 0 Å². The number of hydrogen-bond donors (Lipinski definition) is 1. The van der Waals surface area contributed by atoms with Gasteiger partial charge >= 0.3 is 0 Å². The Kier molecular flexibility index (Phi) is 3.56. The van der Waals surface area contributed by atoms with Crippen molar-refractivity contribution < 1.29 is 4.74 Å². The van der Waals surface area contributed by atoms with E-state index in [2.05, 4.69) is 11.8 Å². The molecule has 0 aliphatic carbocycles. The highest BCUT2D eigenvalue weighted by Crippen LogP contribution is 2.34. The highest BCUT2D eigenvalue weighted by atomic mass is 35.5. The molecule has 1 aromatic carbocycles. The van der Waals surface area contributed by atoms with Gasteiger partial charge in [0.2, 0.25) is 0 Å². The molecule has 2 N–H and O–H groups in total. The van der Waals surface area contributed by atoms with Crippen LogP contribution in [0.2, 0.25) is 5.02 Å². The molecule has 1 fully saturated rings. The largest absolute Gasteiger partial charge is 0.397 e. The second-order valence-electron chi connectivity index (χ2n) is 4.01. The fraction of sp³-hybridized carbons (Fsp3) is 0.500. The van der Waals surface area contributed by atoms with Gasteiger partial charge in [-0.2, -0.15) is 0 Å². The molecule has 1 aliphatic rings. The Morgan fingerprint density at radius 1 is 1.56 bits per heavy atom. The van der Waals surface area contributed by atoms with Gasteiger partial charge in [0, 0.05) is 6.54 Å². The Labute approximate surface area is 101 Å². The van der Waals surface area contributed by atoms with Gasteiger partial charge in [-0.15, -0.1) is 0 Å². The number of nitrogens with two attached hydrogens (primary N) is 1. The predicted octanol–water partition coefficient (Wildman–Crippen LogP) is 2.54. The lowest BCUT2D eigenvalue weighted by Crippen LogP contribution is -2.45. The van der Waals surface area contributed by atoms with Crippen LogP contribution in [0, 0.1) is 0 Å². The van der Waals surface area contributed by atoms with E-state index in [1.54, 1.807) is 0 Å². The summed E-state index contributed by atoms with van der Waals surface area (Å²) in [5, 5.41) is 0.723. The van der Waals surface area contributed by atoms with Crippen molar-refractivity contribution in [1.82, 2.24) is 0 Å². The van der Waals surface area contributed by atoms with Crippen LogP contribution in [0.5, 0.6) is 0 Å². The van der Waals surface area contributed by atoms with Gasteiger partial charge in [0.25, 0.3) is 0 Å². The van der Waals surface area contributed by atoms with Crippen molar-refractivity contribution in [1.29, 1.82) is 0 Å². The summed E-state index contributed by atoms with van der Waals surface area (Å²) in [6.07, 6.45) is 1.03. The molecule has 4 heteroatoms. The fourth-order valence-electron chi connectivity index (χ4n) is 2.12. The van der Waals surface area contributed by atoms with E-state index in [4.69, 9.17) is 22.1 Å². The average molecular weight is 241 g/mol. The minimum absolute atomic E-state index is 0.371. The van der Waals surface area contributed by atoms with Crippen LogP contribution in [0.3, 0.4) is 0 Å². The average Bonchev–Trinajstić information content (AvgIpc) is 2.29. The predicted molar refractivity (Wildman–Crippen MR) is 68.1 cm³/mol. The number of para-hydroxylation sites is 1. The molecule has 2 rings (SSSR count). The molecule has 0 saturated carbocycles. The van der Waals surface area contributed by atoms with Crippen molar-refractivity contribution in [3.8, 4) is 0 Å². The summed E-state index contributed by atoms with van der Waals surface area (Å²) in [6.45, 7) is 4.49. The lowest BCUT2D eigenvalue weighted by molar-refractivity contribution is 0.0931. The second kappa shape index (κ2) is 4.93. The van der Waals surface area contributed by atoms with Crippen molar-refractivity contribution in [2.45, 2.75) is 19.4 Å². The molecule has 0 radical (unpaired) electrons. The smallest absolute Gasteiger partial charge is 0.0793 e. The Hall–Kier alpha value is -0.930. The van der Waals surface area contributed by atoms with Crippen LogP contribution < -0.4 is 10.6 Å². The van der Waals surface area contributed by atoms with Crippen molar-refractivity contribution in [2.75, 3.05) is 30.4 Å². The van der Waals surface area contributed by atoms with Crippen LogP contribution in [0.1, 0.15) is 13.3 Å². The third kappa shape index (κ3) is 2.11. The van der Waals surface area contributed by atoms with E-state index in [1.165, 1.54) is 0 Å². The molecule has 0 amide bonds. The van der Waals surface area contributed by atoms with E-state index in [0.717, 1.165) is 42.6 Å². The van der Waals surface area contributed by atoms with Gasteiger partial charge in [0.15, 0.2) is 0 Å². The lowest BCUT2D eigenvalue weighted by atomic mass is 10.1. The number of morpholine rings is 1. The standard InChI is InChI=1S/C12H17ClN2O/c1-2-9-8-16-7-6-15(9)12-10(13)4-3-5-11(12)14/h3-5,9H,2,6-8,14H2,1H3. The maximum Gasteiger partial charge on any atom is 0.0793 e. The number of nitrogen functional groups attached to an aromatic ring is 1. The molecule has 0 spiro atoms. The lowest BCUT2D eigenvalue weighted by Gasteiger charge is -2.38. The fourth-order valence-corrected chi connectivity index (χ4v) is 2.41. The number of hydrogen-bond acceptors (Lipinski definition) is 3. The third-order valence-electron chi connectivity index (χ3n) is 3.00. The zero-order chi connectivity index (χ0) is 11.5. The summed E-state index contributed by atoms with van der Waals surface area (Å²) >= 11 is 6.22. The second-order valence-corrected chi connectivity index (χ2v) is 4.42. The number of ether oxygens (including phenoxy) is 1. The highest BCUT2D eigenvalue weighted by molar-refractivity contribution is 6.34. The number of nitrogens with zero attached hydrogens (tertiary/aromatic N) is 1. The quantitative estimate of drug-likeness (QED) is 0.808. The SMILES string of the molecule is CCC1COCCN1c1c(N)cccc1Cl. The van der Waals surface area contributed by atoms with E-state index in [-0.39, 0.29) is 0 Å². The Bertz CT molecular complexity index is 350. The van der Waals surface area contributed by atoms with E-state index < -0.39 is 0 Å². The molecule has 0 bridgehead atoms. The van der Waals surface area contributed by atoms with Crippen LogP contribution in [-0.4, -0.2) is 25.8 Å².